The van der Waals surface area contributed by atoms with Crippen LogP contribution in [0.15, 0.2) is 71.2 Å². The molecule has 9 heteroatoms. The highest BCUT2D eigenvalue weighted by Crippen LogP contribution is 2.54. The number of imide groups is 1. The number of anilines is 2. The Labute approximate surface area is 208 Å². The van der Waals surface area contributed by atoms with Crippen LogP contribution in [0.2, 0.25) is 0 Å². The van der Waals surface area contributed by atoms with E-state index in [1.165, 1.54) is 18.2 Å². The van der Waals surface area contributed by atoms with Gasteiger partial charge in [0.15, 0.2) is 0 Å². The van der Waals surface area contributed by atoms with E-state index in [4.69, 9.17) is 0 Å². The van der Waals surface area contributed by atoms with Crippen LogP contribution >= 0.6 is 15.9 Å². The van der Waals surface area contributed by atoms with Gasteiger partial charge >= 0.3 is 0 Å². The van der Waals surface area contributed by atoms with Gasteiger partial charge in [0.1, 0.15) is 17.1 Å². The number of carbonyl (C=O) groups excluding carboxylic acids is 3. The number of phenolic OH excluding ortho intramolecular Hbond substituents is 1. The Kier molecular flexibility index (Phi) is 4.84. The maximum Gasteiger partial charge on any atom is 0.250 e. The summed E-state index contributed by atoms with van der Waals surface area (Å²) < 4.78 is 15.1. The molecule has 4 unspecified atom stereocenters. The van der Waals surface area contributed by atoms with Gasteiger partial charge in [0.05, 0.1) is 17.5 Å². The summed E-state index contributed by atoms with van der Waals surface area (Å²) in [6.45, 7) is 0. The average Bonchev–Trinajstić information content (AvgIpc) is 3.41. The van der Waals surface area contributed by atoms with Crippen LogP contribution in [-0.4, -0.2) is 28.9 Å². The summed E-state index contributed by atoms with van der Waals surface area (Å²) in [6.07, 6.45) is 0.328. The number of hydrogen-bond acceptors (Lipinski definition) is 5. The minimum atomic E-state index is -1.58. The number of aromatic hydroxyl groups is 1. The van der Waals surface area contributed by atoms with E-state index in [0.29, 0.717) is 23.4 Å². The first-order valence-corrected chi connectivity index (χ1v) is 11.9. The predicted molar refractivity (Wildman–Crippen MR) is 129 cm³/mol. The van der Waals surface area contributed by atoms with E-state index in [-0.39, 0.29) is 5.75 Å². The SMILES string of the molecule is O=C1C2C(Cc3ccc(O)cc3)NC3(C(=O)Nc4ccc(F)cc43)C2C(=O)N1c1ccc(Br)cc1. The maximum absolute atomic E-state index is 14.3. The number of halogens is 2. The predicted octanol–water partition coefficient (Wildman–Crippen LogP) is 3.46. The number of amides is 3. The lowest BCUT2D eigenvalue weighted by molar-refractivity contribution is -0.130. The molecule has 0 aliphatic carbocycles. The lowest BCUT2D eigenvalue weighted by Crippen LogP contribution is -2.53. The molecule has 7 nitrogen and oxygen atoms in total. The molecule has 3 aliphatic heterocycles. The molecule has 0 radical (unpaired) electrons. The number of hydrogen-bond donors (Lipinski definition) is 3. The summed E-state index contributed by atoms with van der Waals surface area (Å²) in [6, 6.07) is 16.7. The summed E-state index contributed by atoms with van der Waals surface area (Å²) in [7, 11) is 0. The number of benzene rings is 3. The largest absolute Gasteiger partial charge is 0.508 e. The van der Waals surface area contributed by atoms with Crippen molar-refractivity contribution in [3.05, 3.63) is 88.1 Å². The van der Waals surface area contributed by atoms with Gasteiger partial charge in [0, 0.05) is 21.8 Å². The van der Waals surface area contributed by atoms with Crippen molar-refractivity contribution in [2.75, 3.05) is 10.2 Å². The third kappa shape index (κ3) is 3.15. The Morgan fingerprint density at radius 1 is 0.971 bits per heavy atom. The second-order valence-electron chi connectivity index (χ2n) is 9.07. The Hall–Kier alpha value is -3.56. The standard InChI is InChI=1S/C26H19BrFN3O4/c27-14-3-6-16(7-4-14)31-23(33)21-20(11-13-1-8-17(32)9-2-13)30-26(22(21)24(31)34)18-12-15(28)5-10-19(18)29-25(26)35/h1-10,12,20-22,30,32H,11H2,(H,29,35). The van der Waals surface area contributed by atoms with Crippen LogP contribution in [-0.2, 0) is 26.3 Å². The zero-order chi connectivity index (χ0) is 24.5. The van der Waals surface area contributed by atoms with E-state index in [1.54, 1.807) is 48.5 Å². The van der Waals surface area contributed by atoms with Gasteiger partial charge in [-0.2, -0.15) is 0 Å². The van der Waals surface area contributed by atoms with Crippen molar-refractivity contribution in [2.24, 2.45) is 11.8 Å². The Morgan fingerprint density at radius 3 is 2.40 bits per heavy atom. The maximum atomic E-state index is 14.3. The van der Waals surface area contributed by atoms with Crippen LogP contribution in [0.3, 0.4) is 0 Å². The lowest BCUT2D eigenvalue weighted by Gasteiger charge is -2.29. The summed E-state index contributed by atoms with van der Waals surface area (Å²) in [5.41, 5.74) is 0.380. The van der Waals surface area contributed by atoms with Gasteiger partial charge < -0.3 is 10.4 Å². The second-order valence-corrected chi connectivity index (χ2v) is 9.98. The van der Waals surface area contributed by atoms with Gasteiger partial charge in [-0.05, 0) is 66.6 Å². The van der Waals surface area contributed by atoms with Crippen LogP contribution in [0.25, 0.3) is 0 Å². The molecule has 0 saturated carbocycles. The van der Waals surface area contributed by atoms with E-state index in [1.807, 2.05) is 0 Å². The Morgan fingerprint density at radius 2 is 1.69 bits per heavy atom. The molecule has 35 heavy (non-hydrogen) atoms. The molecule has 2 fully saturated rings. The fraction of sp³-hybridized carbons (Fsp3) is 0.192. The van der Waals surface area contributed by atoms with E-state index in [9.17, 15) is 23.9 Å². The molecule has 3 heterocycles. The van der Waals surface area contributed by atoms with Crippen LogP contribution in [0.4, 0.5) is 15.8 Å². The molecule has 176 valence electrons. The van der Waals surface area contributed by atoms with E-state index in [0.717, 1.165) is 14.9 Å². The lowest BCUT2D eigenvalue weighted by atomic mass is 9.76. The molecule has 0 bridgehead atoms. The molecule has 3 aromatic carbocycles. The molecule has 6 rings (SSSR count). The third-order valence-corrected chi connectivity index (χ3v) is 7.68. The summed E-state index contributed by atoms with van der Waals surface area (Å²) in [5.74, 6) is -3.73. The number of nitrogens with zero attached hydrogens (tertiary/aromatic N) is 1. The Bertz CT molecular complexity index is 1390. The highest BCUT2D eigenvalue weighted by molar-refractivity contribution is 9.10. The Balaban J connectivity index is 1.49. The fourth-order valence-corrected chi connectivity index (χ4v) is 5.94. The second kappa shape index (κ2) is 7.73. The molecule has 3 aromatic rings. The molecule has 3 amide bonds. The van der Waals surface area contributed by atoms with Crippen molar-refractivity contribution in [3.8, 4) is 5.75 Å². The van der Waals surface area contributed by atoms with E-state index in [2.05, 4.69) is 26.6 Å². The smallest absolute Gasteiger partial charge is 0.250 e. The zero-order valence-electron chi connectivity index (χ0n) is 18.2. The molecule has 3 N–H and O–H groups in total. The van der Waals surface area contributed by atoms with Crippen LogP contribution in [0.5, 0.6) is 5.75 Å². The molecular formula is C26H19BrFN3O4. The van der Waals surface area contributed by atoms with Crippen molar-refractivity contribution in [1.82, 2.24) is 5.32 Å². The van der Waals surface area contributed by atoms with Crippen molar-refractivity contribution in [3.63, 3.8) is 0 Å². The number of rotatable bonds is 3. The van der Waals surface area contributed by atoms with Crippen molar-refractivity contribution < 1.29 is 23.9 Å². The summed E-state index contributed by atoms with van der Waals surface area (Å²) >= 11 is 3.36. The average molecular weight is 536 g/mol. The highest BCUT2D eigenvalue weighted by Gasteiger charge is 2.70. The number of nitrogens with one attached hydrogen (secondary N) is 2. The summed E-state index contributed by atoms with van der Waals surface area (Å²) in [4.78, 5) is 42.3. The van der Waals surface area contributed by atoms with Gasteiger partial charge in [-0.1, -0.05) is 28.1 Å². The van der Waals surface area contributed by atoms with Crippen molar-refractivity contribution in [2.45, 2.75) is 18.0 Å². The highest BCUT2D eigenvalue weighted by atomic mass is 79.9. The zero-order valence-corrected chi connectivity index (χ0v) is 19.8. The molecule has 4 atom stereocenters. The number of carbonyl (C=O) groups is 3. The van der Waals surface area contributed by atoms with E-state index < -0.39 is 47.0 Å². The van der Waals surface area contributed by atoms with Crippen LogP contribution in [0, 0.1) is 17.7 Å². The monoisotopic (exact) mass is 535 g/mol. The molecule has 3 aliphatic rings. The van der Waals surface area contributed by atoms with Gasteiger partial charge in [0.2, 0.25) is 17.7 Å². The molecule has 0 aromatic heterocycles. The molecule has 1 spiro atoms. The topological polar surface area (TPSA) is 98.7 Å². The van der Waals surface area contributed by atoms with Gasteiger partial charge in [-0.3, -0.25) is 19.7 Å². The van der Waals surface area contributed by atoms with Crippen molar-refractivity contribution >= 4 is 45.0 Å². The first kappa shape index (κ1) is 21.9. The van der Waals surface area contributed by atoms with Gasteiger partial charge in [-0.25, -0.2) is 9.29 Å². The van der Waals surface area contributed by atoms with E-state index >= 15 is 0 Å². The minimum Gasteiger partial charge on any atom is -0.508 e. The van der Waals surface area contributed by atoms with Crippen LogP contribution in [0.1, 0.15) is 11.1 Å². The van der Waals surface area contributed by atoms with Gasteiger partial charge in [-0.15, -0.1) is 0 Å². The third-order valence-electron chi connectivity index (χ3n) is 7.15. The summed E-state index contributed by atoms with van der Waals surface area (Å²) in [5, 5.41) is 15.7. The molecule has 2 saturated heterocycles. The molecular weight excluding hydrogens is 517 g/mol. The van der Waals surface area contributed by atoms with Gasteiger partial charge in [0.25, 0.3) is 0 Å². The quantitative estimate of drug-likeness (QED) is 0.446. The fourth-order valence-electron chi connectivity index (χ4n) is 5.68. The minimum absolute atomic E-state index is 0.107. The number of fused-ring (bicyclic) bond motifs is 4. The number of phenols is 1. The normalized spacial score (nSPS) is 26.9. The first-order chi connectivity index (χ1) is 16.8. The van der Waals surface area contributed by atoms with Crippen LogP contribution < -0.4 is 15.5 Å². The van der Waals surface area contributed by atoms with Crippen molar-refractivity contribution in [1.29, 1.82) is 0 Å². The first-order valence-electron chi connectivity index (χ1n) is 11.1.